The van der Waals surface area contributed by atoms with Crippen LogP contribution in [0, 0.1) is 20.8 Å². The van der Waals surface area contributed by atoms with Crippen molar-refractivity contribution in [1.82, 2.24) is 4.90 Å². The molecule has 1 N–H and O–H groups in total. The lowest BCUT2D eigenvalue weighted by atomic mass is 9.98. The first-order valence-electron chi connectivity index (χ1n) is 7.54. The normalized spacial score (nSPS) is 15.6. The van der Waals surface area contributed by atoms with Crippen molar-refractivity contribution in [1.29, 1.82) is 0 Å². The van der Waals surface area contributed by atoms with Gasteiger partial charge in [-0.3, -0.25) is 4.79 Å². The van der Waals surface area contributed by atoms with Gasteiger partial charge in [0.15, 0.2) is 0 Å². The molecule has 1 amide bonds. The average molecular weight is 275 g/mol. The molecule has 1 aliphatic rings. The van der Waals surface area contributed by atoms with E-state index in [0.29, 0.717) is 12.6 Å². The van der Waals surface area contributed by atoms with Crippen molar-refractivity contribution < 1.29 is 9.90 Å². The third-order valence-electron chi connectivity index (χ3n) is 4.26. The van der Waals surface area contributed by atoms with E-state index in [9.17, 15) is 9.90 Å². The van der Waals surface area contributed by atoms with Crippen molar-refractivity contribution in [2.45, 2.75) is 52.5 Å². The molecule has 3 heteroatoms. The van der Waals surface area contributed by atoms with E-state index in [4.69, 9.17) is 0 Å². The summed E-state index contributed by atoms with van der Waals surface area (Å²) in [4.78, 5) is 14.8. The fourth-order valence-corrected chi connectivity index (χ4v) is 3.43. The molecule has 1 fully saturated rings. The van der Waals surface area contributed by atoms with Crippen molar-refractivity contribution >= 4 is 5.91 Å². The first kappa shape index (κ1) is 15.0. The van der Waals surface area contributed by atoms with Gasteiger partial charge < -0.3 is 10.0 Å². The van der Waals surface area contributed by atoms with Gasteiger partial charge in [-0.05, 0) is 44.7 Å². The van der Waals surface area contributed by atoms with E-state index in [-0.39, 0.29) is 12.5 Å². The summed E-state index contributed by atoms with van der Waals surface area (Å²) in [6.45, 7) is 6.52. The zero-order chi connectivity index (χ0) is 14.7. The van der Waals surface area contributed by atoms with Crippen LogP contribution >= 0.6 is 0 Å². The summed E-state index contributed by atoms with van der Waals surface area (Å²) in [6.07, 6.45) is 4.50. The lowest BCUT2D eigenvalue weighted by molar-refractivity contribution is 0.0636. The number of aliphatic hydroxyl groups is 1. The molecule has 1 saturated carbocycles. The largest absolute Gasteiger partial charge is 0.395 e. The topological polar surface area (TPSA) is 40.5 Å². The van der Waals surface area contributed by atoms with E-state index in [1.165, 1.54) is 18.4 Å². The standard InChI is InChI=1S/C17H25NO2/c1-12-10-13(2)16(14(3)11-12)17(20)18(8-9-19)15-6-4-5-7-15/h10-11,15,19H,4-9H2,1-3H3. The van der Waals surface area contributed by atoms with Gasteiger partial charge >= 0.3 is 0 Å². The highest BCUT2D eigenvalue weighted by Gasteiger charge is 2.28. The van der Waals surface area contributed by atoms with E-state index in [0.717, 1.165) is 29.5 Å². The number of carbonyl (C=O) groups excluding carboxylic acids is 1. The summed E-state index contributed by atoms with van der Waals surface area (Å²) >= 11 is 0. The van der Waals surface area contributed by atoms with Crippen LogP contribution < -0.4 is 0 Å². The molecular weight excluding hydrogens is 250 g/mol. The molecule has 0 aliphatic heterocycles. The lowest BCUT2D eigenvalue weighted by Gasteiger charge is -2.29. The maximum Gasteiger partial charge on any atom is 0.254 e. The number of hydrogen-bond acceptors (Lipinski definition) is 2. The Morgan fingerprint density at radius 3 is 2.25 bits per heavy atom. The van der Waals surface area contributed by atoms with Gasteiger partial charge in [0.05, 0.1) is 6.61 Å². The molecule has 1 aliphatic carbocycles. The predicted octanol–water partition coefficient (Wildman–Crippen LogP) is 2.99. The summed E-state index contributed by atoms with van der Waals surface area (Å²) in [7, 11) is 0. The van der Waals surface area contributed by atoms with Crippen LogP contribution in [-0.2, 0) is 0 Å². The van der Waals surface area contributed by atoms with Crippen molar-refractivity contribution in [3.05, 3.63) is 34.4 Å². The van der Waals surface area contributed by atoms with Crippen LogP contribution in [0.1, 0.15) is 52.7 Å². The molecule has 110 valence electrons. The van der Waals surface area contributed by atoms with E-state index in [2.05, 4.69) is 19.1 Å². The van der Waals surface area contributed by atoms with Crippen molar-refractivity contribution in [2.24, 2.45) is 0 Å². The highest BCUT2D eigenvalue weighted by Crippen LogP contribution is 2.26. The van der Waals surface area contributed by atoms with Crippen LogP contribution in [0.3, 0.4) is 0 Å². The molecule has 0 radical (unpaired) electrons. The molecule has 1 aromatic carbocycles. The molecule has 20 heavy (non-hydrogen) atoms. The van der Waals surface area contributed by atoms with Gasteiger partial charge in [-0.1, -0.05) is 30.5 Å². The zero-order valence-corrected chi connectivity index (χ0v) is 12.8. The molecule has 0 atom stereocenters. The van der Waals surface area contributed by atoms with Crippen molar-refractivity contribution in [3.8, 4) is 0 Å². The summed E-state index contributed by atoms with van der Waals surface area (Å²) in [5, 5.41) is 9.28. The minimum atomic E-state index is 0.0339. The maximum absolute atomic E-state index is 12.9. The van der Waals surface area contributed by atoms with Crippen molar-refractivity contribution in [3.63, 3.8) is 0 Å². The molecule has 0 heterocycles. The van der Waals surface area contributed by atoms with Gasteiger partial charge in [0.25, 0.3) is 5.91 Å². The number of aliphatic hydroxyl groups excluding tert-OH is 1. The van der Waals surface area contributed by atoms with E-state index >= 15 is 0 Å². The van der Waals surface area contributed by atoms with E-state index < -0.39 is 0 Å². The minimum Gasteiger partial charge on any atom is -0.395 e. The Kier molecular flexibility index (Phi) is 4.81. The quantitative estimate of drug-likeness (QED) is 0.917. The molecule has 0 saturated heterocycles. The Morgan fingerprint density at radius 2 is 1.75 bits per heavy atom. The SMILES string of the molecule is Cc1cc(C)c(C(=O)N(CCO)C2CCCC2)c(C)c1. The molecule has 3 nitrogen and oxygen atoms in total. The number of hydrogen-bond donors (Lipinski definition) is 1. The third-order valence-corrected chi connectivity index (χ3v) is 4.26. The third kappa shape index (κ3) is 3.04. The number of rotatable bonds is 4. The van der Waals surface area contributed by atoms with Crippen LogP contribution in [0.2, 0.25) is 0 Å². The molecule has 2 rings (SSSR count). The van der Waals surface area contributed by atoms with Crippen molar-refractivity contribution in [2.75, 3.05) is 13.2 Å². The summed E-state index contributed by atoms with van der Waals surface area (Å²) in [5.41, 5.74) is 4.07. The van der Waals surface area contributed by atoms with Crippen LogP contribution in [0.5, 0.6) is 0 Å². The molecule has 0 bridgehead atoms. The Hall–Kier alpha value is -1.35. The van der Waals surface area contributed by atoms with Crippen LogP contribution in [0.4, 0.5) is 0 Å². The first-order valence-corrected chi connectivity index (χ1v) is 7.54. The predicted molar refractivity (Wildman–Crippen MR) is 81.0 cm³/mol. The van der Waals surface area contributed by atoms with Crippen LogP contribution in [-0.4, -0.2) is 35.1 Å². The minimum absolute atomic E-state index is 0.0339. The average Bonchev–Trinajstić information content (AvgIpc) is 2.87. The number of aryl methyl sites for hydroxylation is 3. The zero-order valence-electron chi connectivity index (χ0n) is 12.8. The maximum atomic E-state index is 12.9. The van der Waals surface area contributed by atoms with Crippen LogP contribution in [0.15, 0.2) is 12.1 Å². The van der Waals surface area contributed by atoms with Gasteiger partial charge in [-0.15, -0.1) is 0 Å². The highest BCUT2D eigenvalue weighted by atomic mass is 16.3. The van der Waals surface area contributed by atoms with E-state index in [1.807, 2.05) is 18.7 Å². The Bertz CT molecular complexity index is 467. The van der Waals surface area contributed by atoms with Gasteiger partial charge in [0, 0.05) is 18.2 Å². The molecule has 1 aromatic rings. The molecule has 0 aromatic heterocycles. The number of nitrogens with zero attached hydrogens (tertiary/aromatic N) is 1. The summed E-state index contributed by atoms with van der Waals surface area (Å²) < 4.78 is 0. The Balaban J connectivity index is 2.31. The monoisotopic (exact) mass is 275 g/mol. The van der Waals surface area contributed by atoms with E-state index in [1.54, 1.807) is 0 Å². The summed E-state index contributed by atoms with van der Waals surface area (Å²) in [6, 6.07) is 4.42. The summed E-state index contributed by atoms with van der Waals surface area (Å²) in [5.74, 6) is 0.0842. The fourth-order valence-electron chi connectivity index (χ4n) is 3.43. The fraction of sp³-hybridized carbons (Fsp3) is 0.588. The van der Waals surface area contributed by atoms with Gasteiger partial charge in [0.1, 0.15) is 0 Å². The van der Waals surface area contributed by atoms with Crippen LogP contribution in [0.25, 0.3) is 0 Å². The lowest BCUT2D eigenvalue weighted by Crippen LogP contribution is -2.41. The second kappa shape index (κ2) is 6.40. The molecular formula is C17H25NO2. The highest BCUT2D eigenvalue weighted by molar-refractivity contribution is 5.97. The second-order valence-corrected chi connectivity index (χ2v) is 5.93. The molecule has 0 unspecified atom stereocenters. The van der Waals surface area contributed by atoms with Gasteiger partial charge in [-0.2, -0.15) is 0 Å². The number of amides is 1. The molecule has 0 spiro atoms. The number of carbonyl (C=O) groups is 1. The smallest absolute Gasteiger partial charge is 0.254 e. The second-order valence-electron chi connectivity index (χ2n) is 5.93. The Morgan fingerprint density at radius 1 is 1.20 bits per heavy atom. The Labute approximate surface area is 121 Å². The first-order chi connectivity index (χ1) is 9.54. The van der Waals surface area contributed by atoms with Gasteiger partial charge in [0.2, 0.25) is 0 Å². The number of benzene rings is 1. The van der Waals surface area contributed by atoms with Gasteiger partial charge in [-0.25, -0.2) is 0 Å².